The Bertz CT molecular complexity index is 447. The molecule has 3 heteroatoms. The number of aromatic nitrogens is 1. The Kier molecular flexibility index (Phi) is 5.45. The van der Waals surface area contributed by atoms with E-state index in [1.807, 2.05) is 13.0 Å². The third kappa shape index (κ3) is 3.90. The van der Waals surface area contributed by atoms with Crippen LogP contribution in [0.25, 0.3) is 0 Å². The van der Waals surface area contributed by atoms with Gasteiger partial charge in [-0.2, -0.15) is 4.73 Å². The zero-order chi connectivity index (χ0) is 13.7. The molecule has 0 aliphatic heterocycles. The van der Waals surface area contributed by atoms with Gasteiger partial charge in [-0.05, 0) is 44.2 Å². The Labute approximate surface area is 109 Å². The third-order valence-electron chi connectivity index (χ3n) is 3.47. The van der Waals surface area contributed by atoms with Gasteiger partial charge in [0.05, 0.1) is 5.69 Å². The Morgan fingerprint density at radius 3 is 2.50 bits per heavy atom. The van der Waals surface area contributed by atoms with E-state index >= 15 is 0 Å². The summed E-state index contributed by atoms with van der Waals surface area (Å²) in [7, 11) is 0. The lowest BCUT2D eigenvalue weighted by atomic mass is 10.0. The van der Waals surface area contributed by atoms with Gasteiger partial charge in [0.15, 0.2) is 0 Å². The lowest BCUT2D eigenvalue weighted by Crippen LogP contribution is -2.24. The summed E-state index contributed by atoms with van der Waals surface area (Å²) in [5, 5.41) is 9.75. The number of unbranched alkanes of at least 4 members (excludes halogenated alkanes) is 2. The monoisotopic (exact) mass is 251 g/mol. The fraction of sp³-hybridized carbons (Fsp3) is 0.667. The van der Waals surface area contributed by atoms with Gasteiger partial charge in [0.25, 0.3) is 5.56 Å². The van der Waals surface area contributed by atoms with Crippen molar-refractivity contribution in [1.82, 2.24) is 4.73 Å². The quantitative estimate of drug-likeness (QED) is 0.621. The highest BCUT2D eigenvalue weighted by Crippen LogP contribution is 2.12. The van der Waals surface area contributed by atoms with Crippen molar-refractivity contribution in [2.24, 2.45) is 5.92 Å². The van der Waals surface area contributed by atoms with Crippen LogP contribution in [0.5, 0.6) is 0 Å². The maximum absolute atomic E-state index is 11.7. The predicted molar refractivity (Wildman–Crippen MR) is 74.4 cm³/mol. The van der Waals surface area contributed by atoms with Crippen LogP contribution in [-0.4, -0.2) is 9.94 Å². The lowest BCUT2D eigenvalue weighted by Gasteiger charge is -2.10. The number of hydrogen-bond acceptors (Lipinski definition) is 2. The Morgan fingerprint density at radius 1 is 1.22 bits per heavy atom. The van der Waals surface area contributed by atoms with E-state index < -0.39 is 0 Å². The normalized spacial score (nSPS) is 11.2. The highest BCUT2D eigenvalue weighted by Gasteiger charge is 2.08. The largest absolute Gasteiger partial charge is 0.425 e. The standard InChI is InChI=1S/C15H25NO2/c1-11(2)8-6-5-7-9-14-10-12(3)13(4)15(17)16(14)18/h10-11,18H,5-9H2,1-4H3. The topological polar surface area (TPSA) is 42.2 Å². The number of aryl methyl sites for hydroxylation is 2. The molecular formula is C15H25NO2. The van der Waals surface area contributed by atoms with E-state index in [1.54, 1.807) is 6.92 Å². The number of rotatable bonds is 6. The maximum atomic E-state index is 11.7. The summed E-state index contributed by atoms with van der Waals surface area (Å²) in [6, 6.07) is 1.92. The van der Waals surface area contributed by atoms with Gasteiger partial charge >= 0.3 is 0 Å². The summed E-state index contributed by atoms with van der Waals surface area (Å²) >= 11 is 0. The molecule has 0 aromatic carbocycles. The number of hydrogen-bond donors (Lipinski definition) is 1. The van der Waals surface area contributed by atoms with E-state index in [-0.39, 0.29) is 5.56 Å². The van der Waals surface area contributed by atoms with Gasteiger partial charge in [-0.3, -0.25) is 4.79 Å². The molecule has 0 radical (unpaired) electrons. The molecule has 1 aromatic rings. The van der Waals surface area contributed by atoms with Crippen LogP contribution in [0.2, 0.25) is 0 Å². The second kappa shape index (κ2) is 6.62. The van der Waals surface area contributed by atoms with Crippen molar-refractivity contribution in [1.29, 1.82) is 0 Å². The van der Waals surface area contributed by atoms with Crippen LogP contribution in [0.4, 0.5) is 0 Å². The molecule has 1 heterocycles. The Morgan fingerprint density at radius 2 is 1.89 bits per heavy atom. The SMILES string of the molecule is Cc1cc(CCCCCC(C)C)n(O)c(=O)c1C. The van der Waals surface area contributed by atoms with Crippen LogP contribution in [-0.2, 0) is 6.42 Å². The van der Waals surface area contributed by atoms with Gasteiger partial charge < -0.3 is 5.21 Å². The number of nitrogens with zero attached hydrogens (tertiary/aromatic N) is 1. The molecular weight excluding hydrogens is 226 g/mol. The molecule has 0 fully saturated rings. The third-order valence-corrected chi connectivity index (χ3v) is 3.47. The van der Waals surface area contributed by atoms with E-state index in [2.05, 4.69) is 13.8 Å². The van der Waals surface area contributed by atoms with E-state index in [9.17, 15) is 10.0 Å². The van der Waals surface area contributed by atoms with Crippen LogP contribution in [0.15, 0.2) is 10.9 Å². The van der Waals surface area contributed by atoms with Crippen LogP contribution in [0, 0.1) is 19.8 Å². The van der Waals surface area contributed by atoms with Gasteiger partial charge in [0.1, 0.15) is 0 Å². The lowest BCUT2D eigenvalue weighted by molar-refractivity contribution is 0.163. The first kappa shape index (κ1) is 14.8. The van der Waals surface area contributed by atoms with E-state index in [0.717, 1.165) is 41.2 Å². The molecule has 0 aliphatic carbocycles. The van der Waals surface area contributed by atoms with E-state index in [0.29, 0.717) is 5.56 Å². The van der Waals surface area contributed by atoms with Crippen LogP contribution in [0.3, 0.4) is 0 Å². The first-order valence-corrected chi connectivity index (χ1v) is 6.85. The second-order valence-corrected chi connectivity index (χ2v) is 5.55. The van der Waals surface area contributed by atoms with Crippen molar-refractivity contribution in [3.63, 3.8) is 0 Å². The van der Waals surface area contributed by atoms with Crippen molar-refractivity contribution in [3.8, 4) is 0 Å². The van der Waals surface area contributed by atoms with Crippen molar-refractivity contribution >= 4 is 0 Å². The van der Waals surface area contributed by atoms with Crippen molar-refractivity contribution in [2.45, 2.75) is 59.8 Å². The van der Waals surface area contributed by atoms with E-state index in [4.69, 9.17) is 0 Å². The molecule has 102 valence electrons. The average molecular weight is 251 g/mol. The first-order chi connectivity index (χ1) is 8.43. The summed E-state index contributed by atoms with van der Waals surface area (Å²) in [5.74, 6) is 0.752. The van der Waals surface area contributed by atoms with Gasteiger partial charge in [0, 0.05) is 5.56 Å². The molecule has 1 rings (SSSR count). The maximum Gasteiger partial charge on any atom is 0.286 e. The molecule has 0 bridgehead atoms. The van der Waals surface area contributed by atoms with Crippen LogP contribution >= 0.6 is 0 Å². The molecule has 0 spiro atoms. The molecule has 0 aliphatic rings. The zero-order valence-electron chi connectivity index (χ0n) is 12.0. The molecule has 1 aromatic heterocycles. The van der Waals surface area contributed by atoms with Gasteiger partial charge in [-0.25, -0.2) is 0 Å². The predicted octanol–water partition coefficient (Wildman–Crippen LogP) is 3.46. The fourth-order valence-corrected chi connectivity index (χ4v) is 2.09. The molecule has 0 saturated carbocycles. The summed E-state index contributed by atoms with van der Waals surface area (Å²) in [6.45, 7) is 8.12. The average Bonchev–Trinajstić information content (AvgIpc) is 2.32. The minimum Gasteiger partial charge on any atom is -0.425 e. The highest BCUT2D eigenvalue weighted by atomic mass is 16.5. The highest BCUT2D eigenvalue weighted by molar-refractivity contribution is 5.24. The minimum absolute atomic E-state index is 0.285. The fourth-order valence-electron chi connectivity index (χ4n) is 2.09. The van der Waals surface area contributed by atoms with Gasteiger partial charge in [0.2, 0.25) is 0 Å². The van der Waals surface area contributed by atoms with Gasteiger partial charge in [-0.1, -0.05) is 33.1 Å². The number of pyridine rings is 1. The van der Waals surface area contributed by atoms with E-state index in [1.165, 1.54) is 12.8 Å². The van der Waals surface area contributed by atoms with Crippen molar-refractivity contribution < 1.29 is 5.21 Å². The van der Waals surface area contributed by atoms with Crippen molar-refractivity contribution in [2.75, 3.05) is 0 Å². The van der Waals surface area contributed by atoms with Crippen LogP contribution in [0.1, 0.15) is 56.4 Å². The van der Waals surface area contributed by atoms with Crippen molar-refractivity contribution in [3.05, 3.63) is 33.2 Å². The Hall–Kier alpha value is -1.25. The smallest absolute Gasteiger partial charge is 0.286 e. The molecule has 18 heavy (non-hydrogen) atoms. The molecule has 3 nitrogen and oxygen atoms in total. The summed E-state index contributed by atoms with van der Waals surface area (Å²) in [5.41, 5.74) is 2.03. The second-order valence-electron chi connectivity index (χ2n) is 5.55. The zero-order valence-corrected chi connectivity index (χ0v) is 12.0. The minimum atomic E-state index is -0.285. The van der Waals surface area contributed by atoms with Gasteiger partial charge in [-0.15, -0.1) is 0 Å². The molecule has 0 saturated heterocycles. The molecule has 0 unspecified atom stereocenters. The van der Waals surface area contributed by atoms with Crippen LogP contribution < -0.4 is 5.56 Å². The Balaban J connectivity index is 2.56. The summed E-state index contributed by atoms with van der Waals surface area (Å²) in [6.07, 6.45) is 5.41. The first-order valence-electron chi connectivity index (χ1n) is 6.85. The molecule has 0 atom stereocenters. The molecule has 1 N–H and O–H groups in total. The molecule has 0 amide bonds. The summed E-state index contributed by atoms with van der Waals surface area (Å²) < 4.78 is 0.810. The summed E-state index contributed by atoms with van der Waals surface area (Å²) in [4.78, 5) is 11.7.